The van der Waals surface area contributed by atoms with Gasteiger partial charge in [0.05, 0.1) is 21.9 Å². The zero-order valence-electron chi connectivity index (χ0n) is 26.3. The molecule has 0 aliphatic heterocycles. The van der Waals surface area contributed by atoms with E-state index in [0.29, 0.717) is 5.82 Å². The Morgan fingerprint density at radius 1 is 0.531 bits per heavy atom. The number of rotatable bonds is 10. The van der Waals surface area contributed by atoms with Gasteiger partial charge in [-0.2, -0.15) is 0 Å². The molecule has 49 heavy (non-hydrogen) atoms. The average molecular weight is 693 g/mol. The first-order valence-corrected chi connectivity index (χ1v) is 17.9. The number of anilines is 2. The molecular weight excluding hydrogens is 661 g/mol. The van der Waals surface area contributed by atoms with Crippen LogP contribution in [0.2, 0.25) is 0 Å². The van der Waals surface area contributed by atoms with Gasteiger partial charge in [0, 0.05) is 5.69 Å². The van der Waals surface area contributed by atoms with Gasteiger partial charge in [0.25, 0.3) is 20.0 Å². The van der Waals surface area contributed by atoms with Crippen LogP contribution >= 0.6 is 0 Å². The minimum atomic E-state index is -3.82. The smallest absolute Gasteiger partial charge is 0.309 e. The molecule has 0 fully saturated rings. The fourth-order valence-electron chi connectivity index (χ4n) is 4.70. The van der Waals surface area contributed by atoms with E-state index in [4.69, 9.17) is 5.11 Å². The van der Waals surface area contributed by atoms with Crippen molar-refractivity contribution in [3.63, 3.8) is 0 Å². The number of aliphatic carboxylic acids is 1. The Labute approximate surface area is 285 Å². The summed E-state index contributed by atoms with van der Waals surface area (Å²) in [6.07, 6.45) is -0.276. The molecule has 6 rings (SSSR count). The number of aryl methyl sites for hydroxylation is 1. The van der Waals surface area contributed by atoms with Gasteiger partial charge in [-0.15, -0.1) is 0 Å². The van der Waals surface area contributed by atoms with E-state index >= 15 is 0 Å². The van der Waals surface area contributed by atoms with E-state index in [1.165, 1.54) is 24.3 Å². The van der Waals surface area contributed by atoms with E-state index in [9.17, 15) is 21.6 Å². The Balaban J connectivity index is 0.000000192. The van der Waals surface area contributed by atoms with Crippen LogP contribution in [0, 0.1) is 6.92 Å². The molecule has 0 amide bonds. The standard InChI is InChI=1S/C19H16N2O4S.C18H16N2O2S/c22-19(23)13-16-7-4-8-18(20-16)21-26(24,25)17-11-9-15(10-12-17)14-5-2-1-3-6-14;1-14-6-5-9-18(19-14)20-23(21,22)17-12-10-16(11-13-17)15-7-3-2-4-8-15/h1-12H,13H2,(H,20,21)(H,22,23);2-13H,1H3,(H,19,20). The molecular formula is C37H32N4O6S2. The largest absolute Gasteiger partial charge is 0.481 e. The van der Waals surface area contributed by atoms with Crippen molar-refractivity contribution in [2.45, 2.75) is 23.1 Å². The highest BCUT2D eigenvalue weighted by Crippen LogP contribution is 2.23. The summed E-state index contributed by atoms with van der Waals surface area (Å²) in [4.78, 5) is 19.2. The van der Waals surface area contributed by atoms with Crippen LogP contribution in [-0.2, 0) is 31.3 Å². The molecule has 10 nitrogen and oxygen atoms in total. The minimum absolute atomic E-state index is 0.0795. The number of nitrogens with one attached hydrogen (secondary N) is 2. The van der Waals surface area contributed by atoms with E-state index in [1.807, 2.05) is 73.7 Å². The normalized spacial score (nSPS) is 11.1. The van der Waals surface area contributed by atoms with Gasteiger partial charge in [-0.05, 0) is 77.7 Å². The third-order valence-corrected chi connectivity index (χ3v) is 9.79. The van der Waals surface area contributed by atoms with E-state index in [1.54, 1.807) is 54.6 Å². The van der Waals surface area contributed by atoms with Crippen LogP contribution in [-0.4, -0.2) is 37.9 Å². The summed E-state index contributed by atoms with van der Waals surface area (Å²) in [5.41, 5.74) is 4.95. The number of nitrogens with zero attached hydrogens (tertiary/aromatic N) is 2. The molecule has 6 aromatic rings. The topological polar surface area (TPSA) is 155 Å². The van der Waals surface area contributed by atoms with Gasteiger partial charge in [0.1, 0.15) is 11.6 Å². The van der Waals surface area contributed by atoms with Gasteiger partial charge < -0.3 is 5.11 Å². The van der Waals surface area contributed by atoms with E-state index in [0.717, 1.165) is 27.9 Å². The molecule has 0 atom stereocenters. The van der Waals surface area contributed by atoms with Gasteiger partial charge in [0.2, 0.25) is 0 Å². The van der Waals surface area contributed by atoms with Gasteiger partial charge >= 0.3 is 5.97 Å². The van der Waals surface area contributed by atoms with Gasteiger partial charge in [-0.25, -0.2) is 26.8 Å². The van der Waals surface area contributed by atoms with Gasteiger partial charge in [-0.1, -0.05) is 97.1 Å². The lowest BCUT2D eigenvalue weighted by Gasteiger charge is -2.09. The summed E-state index contributed by atoms with van der Waals surface area (Å²) in [5, 5.41) is 8.81. The number of sulfonamides is 2. The molecule has 3 N–H and O–H groups in total. The second-order valence-corrected chi connectivity index (χ2v) is 14.1. The Kier molecular flexibility index (Phi) is 10.8. The average Bonchev–Trinajstić information content (AvgIpc) is 3.09. The first-order valence-electron chi connectivity index (χ1n) is 15.0. The second-order valence-electron chi connectivity index (χ2n) is 10.7. The van der Waals surface area contributed by atoms with Crippen LogP contribution < -0.4 is 9.44 Å². The third-order valence-electron chi connectivity index (χ3n) is 7.05. The maximum Gasteiger partial charge on any atom is 0.309 e. The van der Waals surface area contributed by atoms with Crippen molar-refractivity contribution in [1.29, 1.82) is 0 Å². The van der Waals surface area contributed by atoms with Crippen LogP contribution in [0.5, 0.6) is 0 Å². The Bertz CT molecular complexity index is 2250. The molecule has 0 spiro atoms. The summed E-state index contributed by atoms with van der Waals surface area (Å²) >= 11 is 0. The number of carboxylic acids is 1. The van der Waals surface area contributed by atoms with Crippen LogP contribution in [0.3, 0.4) is 0 Å². The predicted octanol–water partition coefficient (Wildman–Crippen LogP) is 7.03. The van der Waals surface area contributed by atoms with Gasteiger partial charge in [-0.3, -0.25) is 14.2 Å². The number of hydrogen-bond donors (Lipinski definition) is 3. The molecule has 0 bridgehead atoms. The molecule has 4 aromatic carbocycles. The maximum atomic E-state index is 12.5. The first-order chi connectivity index (χ1) is 23.5. The molecule has 248 valence electrons. The zero-order chi connectivity index (χ0) is 34.9. The SMILES string of the molecule is Cc1cccc(NS(=O)(=O)c2ccc(-c3ccccc3)cc2)n1.O=C(O)Cc1cccc(NS(=O)(=O)c2ccc(-c3ccccc3)cc2)n1. The van der Waals surface area contributed by atoms with Gasteiger partial charge in [0.15, 0.2) is 0 Å². The Morgan fingerprint density at radius 3 is 1.37 bits per heavy atom. The lowest BCUT2D eigenvalue weighted by Crippen LogP contribution is -2.14. The number of hydrogen-bond acceptors (Lipinski definition) is 7. The molecule has 0 unspecified atom stereocenters. The molecule has 0 saturated heterocycles. The van der Waals surface area contributed by atoms with Crippen LogP contribution in [0.1, 0.15) is 11.4 Å². The molecule has 12 heteroatoms. The Hall–Kier alpha value is -5.85. The predicted molar refractivity (Wildman–Crippen MR) is 190 cm³/mol. The number of carboxylic acid groups (broad SMARTS) is 1. The summed E-state index contributed by atoms with van der Waals surface area (Å²) in [6.45, 7) is 1.81. The zero-order valence-corrected chi connectivity index (χ0v) is 27.9. The van der Waals surface area contributed by atoms with Crippen LogP contribution in [0.4, 0.5) is 11.6 Å². The summed E-state index contributed by atoms with van der Waals surface area (Å²) in [7, 11) is -7.46. The van der Waals surface area contributed by atoms with Crippen molar-refractivity contribution in [2.75, 3.05) is 9.44 Å². The highest BCUT2D eigenvalue weighted by Gasteiger charge is 2.16. The lowest BCUT2D eigenvalue weighted by molar-refractivity contribution is -0.136. The second kappa shape index (κ2) is 15.4. The maximum absolute atomic E-state index is 12.5. The van der Waals surface area contributed by atoms with E-state index in [-0.39, 0.29) is 27.7 Å². The monoisotopic (exact) mass is 692 g/mol. The highest BCUT2D eigenvalue weighted by molar-refractivity contribution is 7.93. The van der Waals surface area contributed by atoms with Crippen molar-refractivity contribution in [3.05, 3.63) is 157 Å². The molecule has 0 aliphatic carbocycles. The van der Waals surface area contributed by atoms with Crippen molar-refractivity contribution in [3.8, 4) is 22.3 Å². The number of benzene rings is 4. The number of aromatic nitrogens is 2. The van der Waals surface area contributed by atoms with Crippen molar-refractivity contribution >= 4 is 37.7 Å². The van der Waals surface area contributed by atoms with Crippen molar-refractivity contribution in [2.24, 2.45) is 0 Å². The molecule has 0 saturated carbocycles. The van der Waals surface area contributed by atoms with E-state index < -0.39 is 26.0 Å². The molecule has 2 heterocycles. The first kappa shape index (κ1) is 34.5. The fourth-order valence-corrected chi connectivity index (χ4v) is 6.70. The summed E-state index contributed by atoms with van der Waals surface area (Å²) < 4.78 is 54.7. The molecule has 2 aromatic heterocycles. The quantitative estimate of drug-likeness (QED) is 0.138. The summed E-state index contributed by atoms with van der Waals surface area (Å²) in [6, 6.07) is 42.5. The van der Waals surface area contributed by atoms with Crippen molar-refractivity contribution < 1.29 is 26.7 Å². The summed E-state index contributed by atoms with van der Waals surface area (Å²) in [5.74, 6) is -0.637. The number of carbonyl (C=O) groups is 1. The Morgan fingerprint density at radius 2 is 0.939 bits per heavy atom. The molecule has 0 radical (unpaired) electrons. The lowest BCUT2D eigenvalue weighted by atomic mass is 10.1. The van der Waals surface area contributed by atoms with Crippen LogP contribution in [0.25, 0.3) is 22.3 Å². The fraction of sp³-hybridized carbons (Fsp3) is 0.0541. The number of pyridine rings is 2. The van der Waals surface area contributed by atoms with Crippen molar-refractivity contribution in [1.82, 2.24) is 9.97 Å². The minimum Gasteiger partial charge on any atom is -0.481 e. The highest BCUT2D eigenvalue weighted by atomic mass is 32.2. The van der Waals surface area contributed by atoms with E-state index in [2.05, 4.69) is 19.4 Å². The molecule has 0 aliphatic rings. The third kappa shape index (κ3) is 9.60. The van der Waals surface area contributed by atoms with Crippen LogP contribution in [0.15, 0.2) is 155 Å².